The van der Waals surface area contributed by atoms with Crippen LogP contribution >= 0.6 is 15.9 Å². The third kappa shape index (κ3) is 2.87. The normalized spacial score (nSPS) is 11.8. The van der Waals surface area contributed by atoms with Gasteiger partial charge < -0.3 is 4.74 Å². The molecule has 2 rings (SSSR count). The minimum atomic E-state index is -0.487. The van der Waals surface area contributed by atoms with Crippen molar-refractivity contribution >= 4 is 32.8 Å². The number of carbonyl (C=O) groups is 1. The maximum Gasteiger partial charge on any atom is 0.328 e. The Hall–Kier alpha value is -1.43. The summed E-state index contributed by atoms with van der Waals surface area (Å²) >= 11 is 3.39. The average molecular weight is 312 g/mol. The lowest BCUT2D eigenvalue weighted by Crippen LogP contribution is -2.26. The standard InChI is InChI=1S/C12H14BrN3O2/c1-12(2,3)18-11(17)7-16-10-6-14-5-9(13)8(10)4-15-16/h4-6H,7H2,1-3H3. The van der Waals surface area contributed by atoms with E-state index in [-0.39, 0.29) is 12.5 Å². The first-order valence-electron chi connectivity index (χ1n) is 5.54. The minimum Gasteiger partial charge on any atom is -0.459 e. The van der Waals surface area contributed by atoms with E-state index in [0.29, 0.717) is 0 Å². The highest BCUT2D eigenvalue weighted by Gasteiger charge is 2.17. The van der Waals surface area contributed by atoms with Crippen molar-refractivity contribution in [1.29, 1.82) is 0 Å². The van der Waals surface area contributed by atoms with Gasteiger partial charge in [0.2, 0.25) is 0 Å². The van der Waals surface area contributed by atoms with E-state index in [4.69, 9.17) is 4.74 Å². The Morgan fingerprint density at radius 2 is 2.11 bits per heavy atom. The van der Waals surface area contributed by atoms with Crippen molar-refractivity contribution in [2.75, 3.05) is 0 Å². The zero-order valence-corrected chi connectivity index (χ0v) is 12.1. The number of esters is 1. The van der Waals surface area contributed by atoms with Gasteiger partial charge in [0.1, 0.15) is 12.1 Å². The van der Waals surface area contributed by atoms with Gasteiger partial charge in [-0.15, -0.1) is 0 Å². The van der Waals surface area contributed by atoms with Crippen LogP contribution in [-0.2, 0) is 16.1 Å². The van der Waals surface area contributed by atoms with Crippen molar-refractivity contribution in [2.45, 2.75) is 32.9 Å². The molecule has 2 heterocycles. The molecule has 0 N–H and O–H groups in total. The number of halogens is 1. The van der Waals surface area contributed by atoms with Crippen molar-refractivity contribution in [3.8, 4) is 0 Å². The van der Waals surface area contributed by atoms with E-state index in [9.17, 15) is 4.79 Å². The van der Waals surface area contributed by atoms with Crippen molar-refractivity contribution in [3.05, 3.63) is 23.1 Å². The van der Waals surface area contributed by atoms with Gasteiger partial charge in [0.15, 0.2) is 0 Å². The van der Waals surface area contributed by atoms with Gasteiger partial charge >= 0.3 is 5.97 Å². The Balaban J connectivity index is 2.23. The van der Waals surface area contributed by atoms with Gasteiger partial charge in [-0.2, -0.15) is 5.10 Å². The van der Waals surface area contributed by atoms with Gasteiger partial charge in [-0.3, -0.25) is 14.5 Å². The molecule has 2 aromatic heterocycles. The van der Waals surface area contributed by atoms with Gasteiger partial charge in [0.25, 0.3) is 0 Å². The highest BCUT2D eigenvalue weighted by atomic mass is 79.9. The first-order valence-corrected chi connectivity index (χ1v) is 6.33. The molecule has 0 radical (unpaired) electrons. The lowest BCUT2D eigenvalue weighted by molar-refractivity contribution is -0.155. The van der Waals surface area contributed by atoms with E-state index in [1.807, 2.05) is 20.8 Å². The molecule has 0 aliphatic rings. The van der Waals surface area contributed by atoms with E-state index in [1.165, 1.54) is 0 Å². The largest absolute Gasteiger partial charge is 0.459 e. The zero-order chi connectivity index (χ0) is 13.3. The van der Waals surface area contributed by atoms with Crippen LogP contribution in [0.1, 0.15) is 20.8 Å². The molecule has 0 amide bonds. The molecule has 6 heteroatoms. The molecular formula is C12H14BrN3O2. The molecule has 0 unspecified atom stereocenters. The quantitative estimate of drug-likeness (QED) is 0.800. The SMILES string of the molecule is CC(C)(C)OC(=O)Cn1ncc2c(Br)cncc21. The summed E-state index contributed by atoms with van der Waals surface area (Å²) in [5.41, 5.74) is 0.314. The second-order valence-electron chi connectivity index (χ2n) is 4.94. The third-order valence-corrected chi connectivity index (χ3v) is 2.85. The Morgan fingerprint density at radius 3 is 2.78 bits per heavy atom. The molecule has 0 atom stereocenters. The molecule has 0 bridgehead atoms. The first-order chi connectivity index (χ1) is 8.37. The lowest BCUT2D eigenvalue weighted by Gasteiger charge is -2.19. The Kier molecular flexibility index (Phi) is 3.38. The predicted octanol–water partition coefficient (Wildman–Crippen LogP) is 2.54. The molecule has 0 saturated carbocycles. The van der Waals surface area contributed by atoms with Crippen LogP contribution in [-0.4, -0.2) is 26.3 Å². The molecule has 5 nitrogen and oxygen atoms in total. The molecule has 2 aromatic rings. The monoisotopic (exact) mass is 311 g/mol. The van der Waals surface area contributed by atoms with E-state index in [2.05, 4.69) is 26.0 Å². The van der Waals surface area contributed by atoms with Crippen LogP contribution in [0.25, 0.3) is 10.9 Å². The van der Waals surface area contributed by atoms with Crippen molar-refractivity contribution in [2.24, 2.45) is 0 Å². The fourth-order valence-electron chi connectivity index (χ4n) is 1.58. The second kappa shape index (κ2) is 4.68. The van der Waals surface area contributed by atoms with Crippen LogP contribution in [0.15, 0.2) is 23.1 Å². The molecule has 0 aromatic carbocycles. The Morgan fingerprint density at radius 1 is 1.39 bits per heavy atom. The number of hydrogen-bond donors (Lipinski definition) is 0. The topological polar surface area (TPSA) is 57.0 Å². The number of ether oxygens (including phenoxy) is 1. The Bertz CT molecular complexity index is 587. The molecule has 0 saturated heterocycles. The third-order valence-electron chi connectivity index (χ3n) is 2.22. The van der Waals surface area contributed by atoms with Gasteiger partial charge in [0, 0.05) is 16.1 Å². The summed E-state index contributed by atoms with van der Waals surface area (Å²) in [6, 6.07) is 0. The molecule has 18 heavy (non-hydrogen) atoms. The van der Waals surface area contributed by atoms with E-state index in [1.54, 1.807) is 23.3 Å². The average Bonchev–Trinajstić information content (AvgIpc) is 2.60. The fraction of sp³-hybridized carbons (Fsp3) is 0.417. The van der Waals surface area contributed by atoms with E-state index in [0.717, 1.165) is 15.4 Å². The van der Waals surface area contributed by atoms with E-state index >= 15 is 0 Å². The maximum absolute atomic E-state index is 11.7. The number of rotatable bonds is 2. The summed E-state index contributed by atoms with van der Waals surface area (Å²) in [7, 11) is 0. The minimum absolute atomic E-state index is 0.0822. The first kappa shape index (κ1) is 13.0. The summed E-state index contributed by atoms with van der Waals surface area (Å²) in [6.07, 6.45) is 5.07. The van der Waals surface area contributed by atoms with Crippen molar-refractivity contribution in [3.63, 3.8) is 0 Å². The maximum atomic E-state index is 11.7. The molecule has 0 aliphatic heterocycles. The zero-order valence-electron chi connectivity index (χ0n) is 10.5. The highest BCUT2D eigenvalue weighted by Crippen LogP contribution is 2.22. The molecular weight excluding hydrogens is 298 g/mol. The number of nitrogens with zero attached hydrogens (tertiary/aromatic N) is 3. The summed E-state index contributed by atoms with van der Waals surface area (Å²) in [5, 5.41) is 5.10. The van der Waals surface area contributed by atoms with Crippen molar-refractivity contribution < 1.29 is 9.53 Å². The number of carbonyl (C=O) groups excluding carboxylic acids is 1. The van der Waals surface area contributed by atoms with E-state index < -0.39 is 5.60 Å². The van der Waals surface area contributed by atoms with Crippen LogP contribution < -0.4 is 0 Å². The molecule has 0 spiro atoms. The predicted molar refractivity (Wildman–Crippen MR) is 71.1 cm³/mol. The number of pyridine rings is 1. The fourth-order valence-corrected chi connectivity index (χ4v) is 2.00. The molecule has 0 aliphatic carbocycles. The van der Waals surface area contributed by atoms with Crippen molar-refractivity contribution in [1.82, 2.24) is 14.8 Å². The summed E-state index contributed by atoms with van der Waals surface area (Å²) in [6.45, 7) is 5.59. The molecule has 0 fully saturated rings. The highest BCUT2D eigenvalue weighted by molar-refractivity contribution is 9.10. The lowest BCUT2D eigenvalue weighted by atomic mass is 10.2. The van der Waals surface area contributed by atoms with Gasteiger partial charge in [-0.1, -0.05) is 0 Å². The van der Waals surface area contributed by atoms with Gasteiger partial charge in [0.05, 0.1) is 17.9 Å². The second-order valence-corrected chi connectivity index (χ2v) is 5.80. The van der Waals surface area contributed by atoms with Crippen LogP contribution in [0.4, 0.5) is 0 Å². The summed E-state index contributed by atoms with van der Waals surface area (Å²) in [4.78, 5) is 15.8. The van der Waals surface area contributed by atoms with Crippen LogP contribution in [0.3, 0.4) is 0 Å². The van der Waals surface area contributed by atoms with Gasteiger partial charge in [-0.25, -0.2) is 0 Å². The molecule has 96 valence electrons. The summed E-state index contributed by atoms with van der Waals surface area (Å²) in [5.74, 6) is -0.313. The van der Waals surface area contributed by atoms with Gasteiger partial charge in [-0.05, 0) is 36.7 Å². The van der Waals surface area contributed by atoms with Crippen LogP contribution in [0.2, 0.25) is 0 Å². The van der Waals surface area contributed by atoms with Crippen LogP contribution in [0, 0.1) is 0 Å². The number of aromatic nitrogens is 3. The van der Waals surface area contributed by atoms with Crippen LogP contribution in [0.5, 0.6) is 0 Å². The smallest absolute Gasteiger partial charge is 0.328 e. The number of hydrogen-bond acceptors (Lipinski definition) is 4. The number of fused-ring (bicyclic) bond motifs is 1. The Labute approximate surface area is 113 Å². The summed E-state index contributed by atoms with van der Waals surface area (Å²) < 4.78 is 7.70.